The van der Waals surface area contributed by atoms with Gasteiger partial charge in [-0.25, -0.2) is 0 Å². The fraction of sp³-hybridized carbons (Fsp3) is 0.855. The average molecular weight is 962 g/mol. The average Bonchev–Trinajstić information content (AvgIpc) is 3.30. The Labute approximate surface area is 425 Å². The van der Waals surface area contributed by atoms with Gasteiger partial charge >= 0.3 is 17.9 Å². The van der Waals surface area contributed by atoms with Crippen molar-refractivity contribution in [1.82, 2.24) is 0 Å². The first-order chi connectivity index (χ1) is 33.1. The fourth-order valence-electron chi connectivity index (χ4n) is 7.84. The Morgan fingerprint density at radius 3 is 0.647 bits per heavy atom. The van der Waals surface area contributed by atoms with Crippen molar-refractivity contribution >= 4 is 17.9 Å². The molecule has 0 saturated heterocycles. The van der Waals surface area contributed by atoms with Crippen LogP contribution in [0, 0.1) is 5.92 Å². The molecule has 0 radical (unpaired) electrons. The van der Waals surface area contributed by atoms with Crippen LogP contribution in [-0.2, 0) is 14.4 Å². The van der Waals surface area contributed by atoms with Gasteiger partial charge in [-0.05, 0) is 102 Å². The largest absolute Gasteiger partial charge is 0.481 e. The van der Waals surface area contributed by atoms with Gasteiger partial charge in [0.1, 0.15) is 0 Å². The molecule has 0 atom stereocenters. The number of hydrogen-bond donors (Lipinski definition) is 3. The molecule has 0 heterocycles. The molecule has 6 nitrogen and oxygen atoms in total. The lowest BCUT2D eigenvalue weighted by Gasteiger charge is -2.00. The van der Waals surface area contributed by atoms with Crippen LogP contribution in [0.4, 0.5) is 0 Å². The molecular formula is C62H120O6. The molecule has 0 fully saturated rings. The number of carboxylic acid groups (broad SMARTS) is 3. The molecule has 0 amide bonds. The summed E-state index contributed by atoms with van der Waals surface area (Å²) >= 11 is 0. The first-order valence-electron chi connectivity index (χ1n) is 29.7. The number of allylic oxidation sites excluding steroid dienone is 6. The summed E-state index contributed by atoms with van der Waals surface area (Å²) in [5, 5.41) is 25.5. The van der Waals surface area contributed by atoms with E-state index in [1.54, 1.807) is 0 Å². The van der Waals surface area contributed by atoms with Gasteiger partial charge in [-0.2, -0.15) is 0 Å². The molecule has 3 N–H and O–H groups in total. The molecule has 0 aromatic rings. The lowest BCUT2D eigenvalue weighted by molar-refractivity contribution is -0.138. The molecule has 0 aliphatic carbocycles. The van der Waals surface area contributed by atoms with Crippen molar-refractivity contribution in [2.24, 2.45) is 5.92 Å². The zero-order valence-electron chi connectivity index (χ0n) is 46.6. The standard InChI is InChI=1S/3C18H34O2.C8H18/c3*1-2-3-4-5-6-7-8-9-10-11-12-13-14-15-16-17-18(19)20;1-4-5-6-7-8(2)3/h3*9-10H,2-8,11-17H2,1H3,(H,19,20);8H,4-7H2,1-3H3/b3*10-9-;. The van der Waals surface area contributed by atoms with Gasteiger partial charge in [0.2, 0.25) is 0 Å². The zero-order valence-corrected chi connectivity index (χ0v) is 46.6. The number of aliphatic carboxylic acids is 3. The summed E-state index contributed by atoms with van der Waals surface area (Å²) in [5.74, 6) is -1.09. The maximum absolute atomic E-state index is 10.3. The normalized spacial score (nSPS) is 11.2. The topological polar surface area (TPSA) is 112 Å². The van der Waals surface area contributed by atoms with E-state index >= 15 is 0 Å². The van der Waals surface area contributed by atoms with E-state index in [2.05, 4.69) is 78.0 Å². The first kappa shape index (κ1) is 72.2. The van der Waals surface area contributed by atoms with Crippen LogP contribution in [0.15, 0.2) is 36.5 Å². The third kappa shape index (κ3) is 86.8. The molecule has 0 unspecified atom stereocenters. The Bertz CT molecular complexity index is 927. The van der Waals surface area contributed by atoms with E-state index in [-0.39, 0.29) is 0 Å². The molecule has 0 saturated carbocycles. The number of carbonyl (C=O) groups is 3. The van der Waals surface area contributed by atoms with Gasteiger partial charge in [0, 0.05) is 19.3 Å². The van der Waals surface area contributed by atoms with E-state index in [4.69, 9.17) is 15.3 Å². The number of rotatable bonds is 49. The second-order valence-electron chi connectivity index (χ2n) is 20.1. The van der Waals surface area contributed by atoms with Gasteiger partial charge in [-0.3, -0.25) is 14.4 Å². The van der Waals surface area contributed by atoms with Crippen molar-refractivity contribution in [3.63, 3.8) is 0 Å². The minimum absolute atomic E-state index is 0.332. The summed E-state index contributed by atoms with van der Waals surface area (Å²) < 4.78 is 0. The Balaban J connectivity index is -0.000000417. The molecule has 0 aliphatic rings. The van der Waals surface area contributed by atoms with Gasteiger partial charge in [0.25, 0.3) is 0 Å². The van der Waals surface area contributed by atoms with E-state index in [9.17, 15) is 14.4 Å². The monoisotopic (exact) mass is 961 g/mol. The zero-order chi connectivity index (χ0) is 51.1. The predicted octanol–water partition coefficient (Wildman–Crippen LogP) is 21.5. The molecule has 0 rings (SSSR count). The Hall–Kier alpha value is -2.37. The minimum Gasteiger partial charge on any atom is -0.481 e. The highest BCUT2D eigenvalue weighted by Gasteiger charge is 1.99. The van der Waals surface area contributed by atoms with Gasteiger partial charge < -0.3 is 15.3 Å². The summed E-state index contributed by atoms with van der Waals surface area (Å²) in [4.78, 5) is 31.0. The number of hydrogen-bond acceptors (Lipinski definition) is 3. The second kappa shape index (κ2) is 68.9. The summed E-state index contributed by atoms with van der Waals surface area (Å²) in [6.07, 6.45) is 69.3. The summed E-state index contributed by atoms with van der Waals surface area (Å²) in [7, 11) is 0. The Morgan fingerprint density at radius 1 is 0.279 bits per heavy atom. The van der Waals surface area contributed by atoms with E-state index in [0.717, 1.165) is 44.4 Å². The van der Waals surface area contributed by atoms with E-state index in [1.165, 1.54) is 238 Å². The lowest BCUT2D eigenvalue weighted by Crippen LogP contribution is -1.93. The highest BCUT2D eigenvalue weighted by molar-refractivity contribution is 5.67. The van der Waals surface area contributed by atoms with Crippen molar-refractivity contribution in [3.05, 3.63) is 36.5 Å². The van der Waals surface area contributed by atoms with Crippen molar-refractivity contribution in [2.45, 2.75) is 337 Å². The quantitative estimate of drug-likeness (QED) is 0.0414. The van der Waals surface area contributed by atoms with Crippen LogP contribution >= 0.6 is 0 Å². The smallest absolute Gasteiger partial charge is 0.303 e. The molecule has 6 heteroatoms. The van der Waals surface area contributed by atoms with Crippen LogP contribution in [0.5, 0.6) is 0 Å². The Kier molecular flexibility index (Phi) is 73.1. The summed E-state index contributed by atoms with van der Waals surface area (Å²) in [6.45, 7) is 13.6. The van der Waals surface area contributed by atoms with Gasteiger partial charge in [0.05, 0.1) is 0 Å². The molecule has 404 valence electrons. The molecule has 0 aliphatic heterocycles. The molecule has 68 heavy (non-hydrogen) atoms. The van der Waals surface area contributed by atoms with Crippen LogP contribution in [0.3, 0.4) is 0 Å². The molecule has 0 bridgehead atoms. The SMILES string of the molecule is CCCCCC(C)C.CCCCCCCC/C=C\CCCCCCCC(=O)O.CCCCCCCC/C=C\CCCCCCCC(=O)O.CCCCCCCC/C=C\CCCCCCCC(=O)O. The predicted molar refractivity (Wildman–Crippen MR) is 300 cm³/mol. The van der Waals surface area contributed by atoms with Crippen LogP contribution in [-0.4, -0.2) is 33.2 Å². The molecule has 0 spiro atoms. The van der Waals surface area contributed by atoms with E-state index < -0.39 is 17.9 Å². The minimum atomic E-state index is -0.664. The van der Waals surface area contributed by atoms with Crippen molar-refractivity contribution < 1.29 is 29.7 Å². The van der Waals surface area contributed by atoms with Crippen molar-refractivity contribution in [1.29, 1.82) is 0 Å². The third-order valence-electron chi connectivity index (χ3n) is 12.3. The molecular weight excluding hydrogens is 841 g/mol. The highest BCUT2D eigenvalue weighted by Crippen LogP contribution is 2.13. The van der Waals surface area contributed by atoms with Crippen molar-refractivity contribution in [2.75, 3.05) is 0 Å². The van der Waals surface area contributed by atoms with Crippen LogP contribution < -0.4 is 0 Å². The first-order valence-corrected chi connectivity index (χ1v) is 29.7. The number of unbranched alkanes of at least 4 members (excludes halogenated alkanes) is 35. The van der Waals surface area contributed by atoms with E-state index in [0.29, 0.717) is 19.3 Å². The summed E-state index contributed by atoms with van der Waals surface area (Å²) in [6, 6.07) is 0. The lowest BCUT2D eigenvalue weighted by atomic mass is 10.1. The van der Waals surface area contributed by atoms with Gasteiger partial charge in [-0.1, -0.05) is 258 Å². The summed E-state index contributed by atoms with van der Waals surface area (Å²) in [5.41, 5.74) is 0. The van der Waals surface area contributed by atoms with Gasteiger partial charge in [-0.15, -0.1) is 0 Å². The van der Waals surface area contributed by atoms with Gasteiger partial charge in [0.15, 0.2) is 0 Å². The number of carboxylic acids is 3. The fourth-order valence-corrected chi connectivity index (χ4v) is 7.84. The molecule has 0 aromatic heterocycles. The van der Waals surface area contributed by atoms with Crippen LogP contribution in [0.1, 0.15) is 337 Å². The van der Waals surface area contributed by atoms with Crippen LogP contribution in [0.25, 0.3) is 0 Å². The van der Waals surface area contributed by atoms with Crippen molar-refractivity contribution in [3.8, 4) is 0 Å². The van der Waals surface area contributed by atoms with E-state index in [1.807, 2.05) is 0 Å². The van der Waals surface area contributed by atoms with Crippen LogP contribution in [0.2, 0.25) is 0 Å². The second-order valence-corrected chi connectivity index (χ2v) is 20.1. The Morgan fingerprint density at radius 2 is 0.456 bits per heavy atom. The highest BCUT2D eigenvalue weighted by atomic mass is 16.4. The third-order valence-corrected chi connectivity index (χ3v) is 12.3. The maximum atomic E-state index is 10.3. The maximum Gasteiger partial charge on any atom is 0.303 e. The molecule has 0 aromatic carbocycles.